The van der Waals surface area contributed by atoms with Crippen LogP contribution >= 0.6 is 0 Å². The molecule has 1 aromatic carbocycles. The van der Waals surface area contributed by atoms with E-state index in [2.05, 4.69) is 5.32 Å². The zero-order chi connectivity index (χ0) is 14.8. The first-order valence-corrected chi connectivity index (χ1v) is 8.27. The van der Waals surface area contributed by atoms with E-state index in [1.54, 1.807) is 30.3 Å². The van der Waals surface area contributed by atoms with Gasteiger partial charge in [-0.05, 0) is 12.1 Å². The van der Waals surface area contributed by atoms with Crippen LogP contribution in [0.5, 0.6) is 0 Å². The summed E-state index contributed by atoms with van der Waals surface area (Å²) >= 11 is 0. The summed E-state index contributed by atoms with van der Waals surface area (Å²) in [5.74, 6) is -0.677. The number of rotatable bonds is 5. The van der Waals surface area contributed by atoms with Gasteiger partial charge >= 0.3 is 0 Å². The molecule has 2 rings (SSSR count). The minimum absolute atomic E-state index is 0.0531. The first kappa shape index (κ1) is 14.7. The van der Waals surface area contributed by atoms with Gasteiger partial charge in [0.05, 0.1) is 23.9 Å². The van der Waals surface area contributed by atoms with Crippen molar-refractivity contribution < 1.29 is 18.0 Å². The quantitative estimate of drug-likeness (QED) is 0.770. The highest BCUT2D eigenvalue weighted by Crippen LogP contribution is 2.22. The molecule has 1 saturated heterocycles. The molecule has 1 N–H and O–H groups in total. The van der Waals surface area contributed by atoms with Gasteiger partial charge in [-0.2, -0.15) is 0 Å². The fourth-order valence-corrected chi connectivity index (χ4v) is 2.55. The molecule has 0 aromatic heterocycles. The molecule has 1 aromatic rings. The minimum Gasteiger partial charge on any atom is -0.304 e. The first-order valence-electron chi connectivity index (χ1n) is 6.21. The molecular weight excluding hydrogens is 280 g/mol. The number of anilines is 1. The second-order valence-electron chi connectivity index (χ2n) is 4.74. The SMILES string of the molecule is CS(=O)(=O)CCNC1CC(=O)N(c2ccccc2)C1=O. The normalized spacial score (nSPS) is 19.6. The van der Waals surface area contributed by atoms with Gasteiger partial charge in [0.1, 0.15) is 9.84 Å². The minimum atomic E-state index is -3.08. The molecule has 0 radical (unpaired) electrons. The summed E-state index contributed by atoms with van der Waals surface area (Å²) < 4.78 is 22.1. The van der Waals surface area contributed by atoms with E-state index in [4.69, 9.17) is 0 Å². The lowest BCUT2D eigenvalue weighted by atomic mass is 10.2. The van der Waals surface area contributed by atoms with E-state index in [9.17, 15) is 18.0 Å². The van der Waals surface area contributed by atoms with Gasteiger partial charge in [0.15, 0.2) is 0 Å². The number of hydrogen-bond donors (Lipinski definition) is 1. The van der Waals surface area contributed by atoms with E-state index in [-0.39, 0.29) is 30.5 Å². The van der Waals surface area contributed by atoms with Gasteiger partial charge in [0, 0.05) is 12.8 Å². The average Bonchev–Trinajstić information content (AvgIpc) is 2.64. The molecule has 6 nitrogen and oxygen atoms in total. The first-order chi connectivity index (χ1) is 9.38. The number of nitrogens with zero attached hydrogens (tertiary/aromatic N) is 1. The van der Waals surface area contributed by atoms with Crippen molar-refractivity contribution in [3.63, 3.8) is 0 Å². The maximum absolute atomic E-state index is 12.2. The lowest BCUT2D eigenvalue weighted by Gasteiger charge is -2.15. The van der Waals surface area contributed by atoms with Crippen LogP contribution in [0, 0.1) is 0 Å². The third kappa shape index (κ3) is 3.43. The maximum atomic E-state index is 12.2. The Balaban J connectivity index is 2.02. The highest BCUT2D eigenvalue weighted by atomic mass is 32.2. The lowest BCUT2D eigenvalue weighted by molar-refractivity contribution is -0.121. The van der Waals surface area contributed by atoms with E-state index in [1.165, 1.54) is 0 Å². The van der Waals surface area contributed by atoms with E-state index < -0.39 is 15.9 Å². The van der Waals surface area contributed by atoms with Crippen LogP contribution in [-0.2, 0) is 19.4 Å². The Labute approximate surface area is 117 Å². The van der Waals surface area contributed by atoms with Crippen LogP contribution in [0.3, 0.4) is 0 Å². The molecule has 1 fully saturated rings. The molecule has 1 unspecified atom stereocenters. The van der Waals surface area contributed by atoms with Crippen LogP contribution in [0.25, 0.3) is 0 Å². The highest BCUT2D eigenvalue weighted by Gasteiger charge is 2.39. The predicted octanol–water partition coefficient (Wildman–Crippen LogP) is -0.0473. The third-order valence-electron chi connectivity index (χ3n) is 3.02. The summed E-state index contributed by atoms with van der Waals surface area (Å²) in [7, 11) is -3.08. The molecule has 1 atom stereocenters. The molecule has 7 heteroatoms. The second kappa shape index (κ2) is 5.72. The average molecular weight is 296 g/mol. The Hall–Kier alpha value is -1.73. The van der Waals surface area contributed by atoms with Crippen LogP contribution in [0.15, 0.2) is 30.3 Å². The molecule has 108 valence electrons. The maximum Gasteiger partial charge on any atom is 0.251 e. The van der Waals surface area contributed by atoms with Crippen molar-refractivity contribution in [1.82, 2.24) is 5.32 Å². The number of carbonyl (C=O) groups excluding carboxylic acids is 2. The largest absolute Gasteiger partial charge is 0.304 e. The molecular formula is C13H16N2O4S. The lowest BCUT2D eigenvalue weighted by Crippen LogP contribution is -2.40. The number of benzene rings is 1. The van der Waals surface area contributed by atoms with Crippen molar-refractivity contribution in [3.8, 4) is 0 Å². The summed E-state index contributed by atoms with van der Waals surface area (Å²) in [6.45, 7) is 0.158. The van der Waals surface area contributed by atoms with Gasteiger partial charge in [0.25, 0.3) is 5.91 Å². The van der Waals surface area contributed by atoms with Crippen molar-refractivity contribution in [3.05, 3.63) is 30.3 Å². The summed E-state index contributed by atoms with van der Waals surface area (Å²) in [5, 5.41) is 2.83. The van der Waals surface area contributed by atoms with Crippen LogP contribution in [0.4, 0.5) is 5.69 Å². The molecule has 20 heavy (non-hydrogen) atoms. The zero-order valence-electron chi connectivity index (χ0n) is 11.1. The topological polar surface area (TPSA) is 83.6 Å². The standard InChI is InChI=1S/C13H16N2O4S/c1-20(18,19)8-7-14-11-9-12(16)15(13(11)17)10-5-3-2-4-6-10/h2-6,11,14H,7-9H2,1H3. The summed E-state index contributed by atoms with van der Waals surface area (Å²) in [6, 6.07) is 8.03. The highest BCUT2D eigenvalue weighted by molar-refractivity contribution is 7.90. The fraction of sp³-hybridized carbons (Fsp3) is 0.385. The Kier molecular flexibility index (Phi) is 4.20. The monoisotopic (exact) mass is 296 g/mol. The Morgan fingerprint density at radius 2 is 1.90 bits per heavy atom. The predicted molar refractivity (Wildman–Crippen MR) is 75.1 cm³/mol. The van der Waals surface area contributed by atoms with E-state index in [0.717, 1.165) is 11.2 Å². The molecule has 0 bridgehead atoms. The number of nitrogens with one attached hydrogen (secondary N) is 1. The molecule has 1 heterocycles. The van der Waals surface area contributed by atoms with Crippen LogP contribution in [0.1, 0.15) is 6.42 Å². The molecule has 2 amide bonds. The van der Waals surface area contributed by atoms with E-state index in [1.807, 2.05) is 0 Å². The number of imide groups is 1. The van der Waals surface area contributed by atoms with Crippen LogP contribution in [0.2, 0.25) is 0 Å². The van der Waals surface area contributed by atoms with Gasteiger partial charge in [-0.15, -0.1) is 0 Å². The molecule has 0 aliphatic carbocycles. The Morgan fingerprint density at radius 3 is 2.50 bits per heavy atom. The molecule has 0 spiro atoms. The van der Waals surface area contributed by atoms with Gasteiger partial charge in [-0.3, -0.25) is 9.59 Å². The third-order valence-corrected chi connectivity index (χ3v) is 3.97. The van der Waals surface area contributed by atoms with Crippen LogP contribution in [-0.4, -0.2) is 44.8 Å². The Morgan fingerprint density at radius 1 is 1.25 bits per heavy atom. The summed E-state index contributed by atoms with van der Waals surface area (Å²) in [5.41, 5.74) is 0.537. The summed E-state index contributed by atoms with van der Waals surface area (Å²) in [6.07, 6.45) is 1.18. The van der Waals surface area contributed by atoms with Crippen molar-refractivity contribution in [2.75, 3.05) is 23.5 Å². The van der Waals surface area contributed by atoms with Crippen molar-refractivity contribution in [2.24, 2.45) is 0 Å². The molecule has 1 aliphatic heterocycles. The van der Waals surface area contributed by atoms with Crippen LogP contribution < -0.4 is 10.2 Å². The number of carbonyl (C=O) groups is 2. The number of amides is 2. The van der Waals surface area contributed by atoms with Gasteiger partial charge in [0.2, 0.25) is 5.91 Å². The summed E-state index contributed by atoms with van der Waals surface area (Å²) in [4.78, 5) is 25.2. The fourth-order valence-electron chi connectivity index (χ4n) is 2.06. The van der Waals surface area contributed by atoms with Gasteiger partial charge < -0.3 is 5.32 Å². The van der Waals surface area contributed by atoms with Crippen molar-refractivity contribution >= 4 is 27.3 Å². The number of para-hydroxylation sites is 1. The zero-order valence-corrected chi connectivity index (χ0v) is 11.9. The smallest absolute Gasteiger partial charge is 0.251 e. The van der Waals surface area contributed by atoms with Crippen molar-refractivity contribution in [1.29, 1.82) is 0 Å². The second-order valence-corrected chi connectivity index (χ2v) is 7.00. The number of sulfone groups is 1. The van der Waals surface area contributed by atoms with Gasteiger partial charge in [-0.25, -0.2) is 13.3 Å². The number of hydrogen-bond acceptors (Lipinski definition) is 5. The van der Waals surface area contributed by atoms with Gasteiger partial charge in [-0.1, -0.05) is 18.2 Å². The van der Waals surface area contributed by atoms with E-state index >= 15 is 0 Å². The molecule has 1 aliphatic rings. The Bertz CT molecular complexity index is 613. The van der Waals surface area contributed by atoms with Crippen molar-refractivity contribution in [2.45, 2.75) is 12.5 Å². The molecule has 0 saturated carbocycles. The van der Waals surface area contributed by atoms with E-state index in [0.29, 0.717) is 5.69 Å².